The summed E-state index contributed by atoms with van der Waals surface area (Å²) in [7, 11) is 1.52. The molecule has 1 unspecified atom stereocenters. The van der Waals surface area contributed by atoms with Crippen LogP contribution in [0.1, 0.15) is 22.9 Å². The molecule has 2 aromatic carbocycles. The zero-order valence-electron chi connectivity index (χ0n) is 19.6. The molecule has 0 radical (unpaired) electrons. The fraction of sp³-hybridized carbons (Fsp3) is 0.148. The van der Waals surface area contributed by atoms with E-state index in [1.54, 1.807) is 36.5 Å². The van der Waals surface area contributed by atoms with E-state index >= 15 is 0 Å². The lowest BCUT2D eigenvalue weighted by atomic mass is 9.99. The summed E-state index contributed by atoms with van der Waals surface area (Å²) in [4.78, 5) is 25.1. The number of nitrogens with one attached hydrogen (secondary N) is 2. The van der Waals surface area contributed by atoms with Gasteiger partial charge < -0.3 is 19.5 Å². The van der Waals surface area contributed by atoms with Crippen LogP contribution in [0.5, 0.6) is 5.88 Å². The number of halogens is 3. The summed E-state index contributed by atoms with van der Waals surface area (Å²) in [5.74, 6) is -0.918. The highest BCUT2D eigenvalue weighted by molar-refractivity contribution is 6.30. The van der Waals surface area contributed by atoms with Crippen LogP contribution in [0.25, 0.3) is 22.4 Å². The van der Waals surface area contributed by atoms with Gasteiger partial charge in [0.25, 0.3) is 0 Å². The molecule has 0 aliphatic heterocycles. The molecule has 5 rings (SSSR count). The van der Waals surface area contributed by atoms with Gasteiger partial charge in [-0.2, -0.15) is 0 Å². The van der Waals surface area contributed by atoms with Crippen LogP contribution in [0.15, 0.2) is 71.6 Å². The van der Waals surface area contributed by atoms with Crippen molar-refractivity contribution < 1.29 is 22.7 Å². The lowest BCUT2D eigenvalue weighted by Crippen LogP contribution is -2.31. The predicted molar refractivity (Wildman–Crippen MR) is 134 cm³/mol. The van der Waals surface area contributed by atoms with Gasteiger partial charge in [0.1, 0.15) is 17.3 Å². The summed E-state index contributed by atoms with van der Waals surface area (Å²) in [6.07, 6.45) is 3.05. The minimum absolute atomic E-state index is 0.00229. The van der Waals surface area contributed by atoms with Gasteiger partial charge >= 0.3 is 0 Å². The lowest BCUT2D eigenvalue weighted by molar-refractivity contribution is -0.121. The van der Waals surface area contributed by atoms with Crippen LogP contribution in [-0.2, 0) is 17.6 Å². The molecule has 0 aliphatic rings. The summed E-state index contributed by atoms with van der Waals surface area (Å²) in [5, 5.41) is 3.50. The number of nitrogens with zero attached hydrogens (tertiary/aromatic N) is 2. The van der Waals surface area contributed by atoms with E-state index in [4.69, 9.17) is 20.8 Å². The van der Waals surface area contributed by atoms with E-state index in [-0.39, 0.29) is 18.7 Å². The Bertz CT molecular complexity index is 1550. The number of H-pyrrole nitrogens is 1. The molecule has 3 heterocycles. The highest BCUT2D eigenvalue weighted by atomic mass is 35.5. The monoisotopic (exact) mass is 522 g/mol. The van der Waals surface area contributed by atoms with Crippen LogP contribution in [-0.4, -0.2) is 28.0 Å². The molecule has 37 heavy (non-hydrogen) atoms. The van der Waals surface area contributed by atoms with Crippen molar-refractivity contribution in [2.45, 2.75) is 18.9 Å². The van der Waals surface area contributed by atoms with Crippen LogP contribution in [0.3, 0.4) is 0 Å². The van der Waals surface area contributed by atoms with Gasteiger partial charge in [-0.05, 0) is 54.4 Å². The fourth-order valence-electron chi connectivity index (χ4n) is 4.20. The number of hydrogen-bond acceptors (Lipinski definition) is 5. The number of ether oxygens (including phenoxy) is 1. The maximum Gasteiger partial charge on any atom is 0.225 e. The zero-order chi connectivity index (χ0) is 25.9. The van der Waals surface area contributed by atoms with Crippen molar-refractivity contribution >= 4 is 28.5 Å². The number of oxazole rings is 1. The number of rotatable bonds is 8. The van der Waals surface area contributed by atoms with Gasteiger partial charge in [0.15, 0.2) is 12.2 Å². The molecule has 3 aromatic heterocycles. The summed E-state index contributed by atoms with van der Waals surface area (Å²) < 4.78 is 38.7. The van der Waals surface area contributed by atoms with Gasteiger partial charge in [-0.1, -0.05) is 11.6 Å². The van der Waals surface area contributed by atoms with Crippen LogP contribution >= 0.6 is 11.6 Å². The van der Waals surface area contributed by atoms with E-state index in [1.165, 1.54) is 25.6 Å². The largest absolute Gasteiger partial charge is 0.481 e. The Morgan fingerprint density at radius 1 is 1.14 bits per heavy atom. The van der Waals surface area contributed by atoms with Crippen molar-refractivity contribution in [1.29, 1.82) is 0 Å². The Labute approximate surface area is 215 Å². The molecule has 0 spiro atoms. The van der Waals surface area contributed by atoms with E-state index in [0.29, 0.717) is 44.6 Å². The lowest BCUT2D eigenvalue weighted by Gasteiger charge is -2.18. The van der Waals surface area contributed by atoms with Crippen molar-refractivity contribution in [1.82, 2.24) is 20.3 Å². The van der Waals surface area contributed by atoms with E-state index in [1.807, 2.05) is 6.07 Å². The highest BCUT2D eigenvalue weighted by Gasteiger charge is 2.24. The summed E-state index contributed by atoms with van der Waals surface area (Å²) in [6.45, 7) is 0. The maximum atomic E-state index is 13.9. The number of benzene rings is 2. The molecular weight excluding hydrogens is 502 g/mol. The summed E-state index contributed by atoms with van der Waals surface area (Å²) >= 11 is 6.02. The van der Waals surface area contributed by atoms with E-state index in [2.05, 4.69) is 20.3 Å². The molecular formula is C27H21ClF2N4O3. The number of aromatic nitrogens is 3. The Morgan fingerprint density at radius 3 is 2.62 bits per heavy atom. The van der Waals surface area contributed by atoms with E-state index in [9.17, 15) is 13.6 Å². The number of carbonyl (C=O) groups is 1. The third-order valence-corrected chi connectivity index (χ3v) is 6.12. The summed E-state index contributed by atoms with van der Waals surface area (Å²) in [5.41, 5.74) is 3.50. The predicted octanol–water partition coefficient (Wildman–Crippen LogP) is 5.80. The second-order valence-electron chi connectivity index (χ2n) is 8.42. The third-order valence-electron chi connectivity index (χ3n) is 5.86. The highest BCUT2D eigenvalue weighted by Crippen LogP contribution is 2.31. The van der Waals surface area contributed by atoms with Gasteiger partial charge in [0.2, 0.25) is 11.8 Å². The SMILES string of the molecule is COc1ccc2[nH]cc(CC(=O)NC(Cc3cc(F)cc(F)c3)c3ncoc3-c3ccc(Cl)cc3)c2n1. The number of aromatic amines is 1. The average molecular weight is 523 g/mol. The molecule has 2 N–H and O–H groups in total. The Balaban J connectivity index is 1.46. The number of fused-ring (bicyclic) bond motifs is 1. The first-order valence-corrected chi connectivity index (χ1v) is 11.7. The second kappa shape index (κ2) is 10.4. The molecule has 0 saturated carbocycles. The van der Waals surface area contributed by atoms with E-state index in [0.717, 1.165) is 11.6 Å². The number of hydrogen-bond donors (Lipinski definition) is 2. The van der Waals surface area contributed by atoms with Gasteiger partial charge in [-0.3, -0.25) is 4.79 Å². The van der Waals surface area contributed by atoms with Gasteiger partial charge in [0.05, 0.1) is 30.6 Å². The van der Waals surface area contributed by atoms with Crippen molar-refractivity contribution in [3.05, 3.63) is 101 Å². The first kappa shape index (κ1) is 24.5. The second-order valence-corrected chi connectivity index (χ2v) is 8.85. The Kier molecular flexibility index (Phi) is 6.87. The molecule has 1 amide bonds. The minimum atomic E-state index is -0.745. The number of methoxy groups -OCH3 is 1. The van der Waals surface area contributed by atoms with Crippen molar-refractivity contribution in [2.75, 3.05) is 7.11 Å². The van der Waals surface area contributed by atoms with Gasteiger partial charge in [-0.25, -0.2) is 18.7 Å². The van der Waals surface area contributed by atoms with Crippen LogP contribution in [0.4, 0.5) is 8.78 Å². The molecule has 0 fully saturated rings. The first-order chi connectivity index (χ1) is 17.9. The number of amides is 1. The molecule has 7 nitrogen and oxygen atoms in total. The molecule has 0 saturated heterocycles. The quantitative estimate of drug-likeness (QED) is 0.269. The fourth-order valence-corrected chi connectivity index (χ4v) is 4.33. The number of carbonyl (C=O) groups excluding carboxylic acids is 1. The molecule has 188 valence electrons. The molecule has 0 bridgehead atoms. The normalized spacial score (nSPS) is 12.0. The Hall–Kier alpha value is -4.24. The number of pyridine rings is 1. The zero-order valence-corrected chi connectivity index (χ0v) is 20.4. The minimum Gasteiger partial charge on any atom is -0.481 e. The molecule has 10 heteroatoms. The summed E-state index contributed by atoms with van der Waals surface area (Å²) in [6, 6.07) is 13.0. The third kappa shape index (κ3) is 5.46. The standard InChI is InChI=1S/C27H21ClF2N4O3/c1-36-24-7-6-21-25(34-24)17(13-31-21)11-23(35)33-22(10-15-8-19(29)12-20(30)9-15)26-27(37-14-32-26)16-2-4-18(28)5-3-16/h2-9,12-14,22,31H,10-11H2,1H3,(H,33,35). The van der Waals surface area contributed by atoms with Crippen molar-refractivity contribution in [2.24, 2.45) is 0 Å². The van der Waals surface area contributed by atoms with E-state index < -0.39 is 17.7 Å². The van der Waals surface area contributed by atoms with Crippen molar-refractivity contribution in [3.8, 4) is 17.2 Å². The first-order valence-electron chi connectivity index (χ1n) is 11.3. The average Bonchev–Trinajstić information content (AvgIpc) is 3.51. The topological polar surface area (TPSA) is 93.0 Å². The van der Waals surface area contributed by atoms with Crippen LogP contribution in [0, 0.1) is 11.6 Å². The smallest absolute Gasteiger partial charge is 0.225 e. The molecule has 5 aromatic rings. The Morgan fingerprint density at radius 2 is 1.89 bits per heavy atom. The molecule has 1 atom stereocenters. The maximum absolute atomic E-state index is 13.9. The van der Waals surface area contributed by atoms with Crippen molar-refractivity contribution in [3.63, 3.8) is 0 Å². The molecule has 0 aliphatic carbocycles. The van der Waals surface area contributed by atoms with Gasteiger partial charge in [0, 0.05) is 34.5 Å². The van der Waals surface area contributed by atoms with Crippen LogP contribution < -0.4 is 10.1 Å². The van der Waals surface area contributed by atoms with Gasteiger partial charge in [-0.15, -0.1) is 0 Å². The van der Waals surface area contributed by atoms with Crippen LogP contribution in [0.2, 0.25) is 5.02 Å².